The zero-order valence-corrected chi connectivity index (χ0v) is 17.5. The number of anilines is 1. The second kappa shape index (κ2) is 9.13. The smallest absolute Gasteiger partial charge is 0.279 e. The number of nitriles is 1. The molecule has 1 aromatic carbocycles. The number of benzene rings is 1. The van der Waals surface area contributed by atoms with Crippen LogP contribution in [-0.2, 0) is 4.79 Å². The Morgan fingerprint density at radius 3 is 2.29 bits per heavy atom. The van der Waals surface area contributed by atoms with Crippen molar-refractivity contribution in [3.05, 3.63) is 84.2 Å². The lowest BCUT2D eigenvalue weighted by atomic mass is 10.0. The van der Waals surface area contributed by atoms with Gasteiger partial charge in [0.15, 0.2) is 0 Å². The molecule has 0 aliphatic rings. The molecule has 0 spiro atoms. The van der Waals surface area contributed by atoms with Crippen LogP contribution in [0, 0.1) is 11.3 Å². The third-order valence-corrected chi connectivity index (χ3v) is 4.28. The van der Waals surface area contributed by atoms with Gasteiger partial charge < -0.3 is 5.32 Å². The Bertz CT molecular complexity index is 1090. The third-order valence-electron chi connectivity index (χ3n) is 4.28. The van der Waals surface area contributed by atoms with E-state index in [4.69, 9.17) is 5.26 Å². The molecule has 0 fully saturated rings. The van der Waals surface area contributed by atoms with E-state index >= 15 is 0 Å². The van der Waals surface area contributed by atoms with Crippen LogP contribution in [0.25, 0.3) is 0 Å². The highest BCUT2D eigenvalue weighted by Crippen LogP contribution is 2.30. The fourth-order valence-electron chi connectivity index (χ4n) is 3.01. The van der Waals surface area contributed by atoms with Gasteiger partial charge in [-0.05, 0) is 51.1 Å². The Balaban J connectivity index is 2.17. The minimum absolute atomic E-state index is 0.0873. The molecule has 0 saturated heterocycles. The molecule has 8 nitrogen and oxygen atoms in total. The van der Waals surface area contributed by atoms with Crippen LogP contribution >= 0.6 is 0 Å². The van der Waals surface area contributed by atoms with Gasteiger partial charge in [-0.25, -0.2) is 4.98 Å². The first kappa shape index (κ1) is 21.6. The highest BCUT2D eigenvalue weighted by molar-refractivity contribution is 6.09. The number of rotatable bonds is 5. The molecule has 0 aliphatic heterocycles. The Labute approximate surface area is 180 Å². The van der Waals surface area contributed by atoms with Crippen LogP contribution in [0.3, 0.4) is 0 Å². The van der Waals surface area contributed by atoms with E-state index < -0.39 is 17.5 Å². The fraction of sp³-hybridized carbons (Fsp3) is 0.217. The van der Waals surface area contributed by atoms with E-state index in [-0.39, 0.29) is 11.6 Å². The van der Waals surface area contributed by atoms with Crippen molar-refractivity contribution < 1.29 is 9.59 Å². The molecule has 3 aromatic rings. The number of hydrogen-bond donors (Lipinski definition) is 1. The highest BCUT2D eigenvalue weighted by Gasteiger charge is 2.35. The summed E-state index contributed by atoms with van der Waals surface area (Å²) in [7, 11) is 0. The summed E-state index contributed by atoms with van der Waals surface area (Å²) in [5, 5.41) is 12.1. The highest BCUT2D eigenvalue weighted by atomic mass is 16.2. The van der Waals surface area contributed by atoms with Gasteiger partial charge in [-0.3, -0.25) is 24.5 Å². The summed E-state index contributed by atoms with van der Waals surface area (Å²) in [6.45, 7) is 5.59. The number of aromatic nitrogens is 3. The van der Waals surface area contributed by atoms with Gasteiger partial charge in [0.2, 0.25) is 5.91 Å². The number of hydrogen-bond acceptors (Lipinski definition) is 6. The SMILES string of the molecule is CC(C)(C)NC(=O)C(c1cccnc1)N(C(=O)c1cnccn1)c1ccc(C#N)cc1. The zero-order chi connectivity index (χ0) is 22.4. The van der Waals surface area contributed by atoms with Crippen LogP contribution < -0.4 is 10.2 Å². The molecular weight excluding hydrogens is 392 g/mol. The maximum atomic E-state index is 13.5. The van der Waals surface area contributed by atoms with Gasteiger partial charge >= 0.3 is 0 Å². The van der Waals surface area contributed by atoms with Crippen LogP contribution in [-0.4, -0.2) is 32.3 Å². The van der Waals surface area contributed by atoms with Crippen molar-refractivity contribution in [2.45, 2.75) is 32.4 Å². The van der Waals surface area contributed by atoms with Gasteiger partial charge in [-0.1, -0.05) is 6.07 Å². The van der Waals surface area contributed by atoms with E-state index in [2.05, 4.69) is 26.3 Å². The third kappa shape index (κ3) is 5.28. The van der Waals surface area contributed by atoms with Crippen LogP contribution in [0.4, 0.5) is 5.69 Å². The summed E-state index contributed by atoms with van der Waals surface area (Å²) in [4.78, 5) is 40.5. The van der Waals surface area contributed by atoms with Crippen molar-refractivity contribution in [2.24, 2.45) is 0 Å². The van der Waals surface area contributed by atoms with Crippen molar-refractivity contribution in [2.75, 3.05) is 4.90 Å². The Hall–Kier alpha value is -4.12. The van der Waals surface area contributed by atoms with Crippen molar-refractivity contribution in [3.8, 4) is 6.07 Å². The summed E-state index contributed by atoms with van der Waals surface area (Å²) < 4.78 is 0. The second-order valence-electron chi connectivity index (χ2n) is 7.85. The van der Waals surface area contributed by atoms with Gasteiger partial charge in [0.25, 0.3) is 5.91 Å². The lowest BCUT2D eigenvalue weighted by Gasteiger charge is -2.33. The van der Waals surface area contributed by atoms with E-state index in [1.807, 2.05) is 20.8 Å². The predicted octanol–water partition coefficient (Wildman–Crippen LogP) is 3.05. The van der Waals surface area contributed by atoms with Gasteiger partial charge in [-0.2, -0.15) is 5.26 Å². The van der Waals surface area contributed by atoms with Crippen LogP contribution in [0.5, 0.6) is 0 Å². The standard InChI is InChI=1S/C23H22N6O2/c1-23(2,3)28-21(30)20(17-5-4-10-25-14-17)29(18-8-6-16(13-24)7-9-18)22(31)19-15-26-11-12-27-19/h4-12,14-15,20H,1-3H3,(H,28,30). The molecule has 2 aromatic heterocycles. The first-order valence-electron chi connectivity index (χ1n) is 9.62. The normalized spacial score (nSPS) is 11.8. The molecule has 156 valence electrons. The van der Waals surface area contributed by atoms with Gasteiger partial charge in [0.05, 0.1) is 17.8 Å². The molecular formula is C23H22N6O2. The van der Waals surface area contributed by atoms with Crippen LogP contribution in [0.15, 0.2) is 67.4 Å². The van der Waals surface area contributed by atoms with Gasteiger partial charge in [-0.15, -0.1) is 0 Å². The summed E-state index contributed by atoms with van der Waals surface area (Å²) in [6.07, 6.45) is 7.37. The number of carbonyl (C=O) groups is 2. The molecule has 31 heavy (non-hydrogen) atoms. The number of nitrogens with one attached hydrogen (secondary N) is 1. The average molecular weight is 414 g/mol. The molecule has 1 unspecified atom stereocenters. The lowest BCUT2D eigenvalue weighted by Crippen LogP contribution is -2.49. The maximum absolute atomic E-state index is 13.5. The first-order chi connectivity index (χ1) is 14.8. The minimum Gasteiger partial charge on any atom is -0.349 e. The molecule has 8 heteroatoms. The van der Waals surface area contributed by atoms with Crippen molar-refractivity contribution in [1.29, 1.82) is 5.26 Å². The topological polar surface area (TPSA) is 112 Å². The lowest BCUT2D eigenvalue weighted by molar-refractivity contribution is -0.123. The molecule has 1 N–H and O–H groups in total. The molecule has 2 amide bonds. The van der Waals surface area contributed by atoms with E-state index in [9.17, 15) is 9.59 Å². The number of carbonyl (C=O) groups excluding carboxylic acids is 2. The minimum atomic E-state index is -1.02. The number of nitrogens with zero attached hydrogens (tertiary/aromatic N) is 5. The Morgan fingerprint density at radius 1 is 1.03 bits per heavy atom. The monoisotopic (exact) mass is 414 g/mol. The molecule has 3 rings (SSSR count). The molecule has 0 saturated carbocycles. The van der Waals surface area contributed by atoms with E-state index in [0.29, 0.717) is 16.8 Å². The predicted molar refractivity (Wildman–Crippen MR) is 115 cm³/mol. The Kier molecular flexibility index (Phi) is 6.36. The Morgan fingerprint density at radius 2 is 1.74 bits per heavy atom. The molecule has 1 atom stereocenters. The summed E-state index contributed by atoms with van der Waals surface area (Å²) >= 11 is 0. The molecule has 2 heterocycles. The summed E-state index contributed by atoms with van der Waals surface area (Å²) in [5.41, 5.74) is 0.971. The summed E-state index contributed by atoms with van der Waals surface area (Å²) in [6, 6.07) is 10.9. The quantitative estimate of drug-likeness (QED) is 0.687. The number of amides is 2. The molecule has 0 bridgehead atoms. The number of pyridine rings is 1. The first-order valence-corrected chi connectivity index (χ1v) is 9.62. The van der Waals surface area contributed by atoms with Crippen LogP contribution in [0.2, 0.25) is 0 Å². The zero-order valence-electron chi connectivity index (χ0n) is 17.5. The average Bonchev–Trinajstić information content (AvgIpc) is 2.77. The van der Waals surface area contributed by atoms with E-state index in [1.165, 1.54) is 23.5 Å². The fourth-order valence-corrected chi connectivity index (χ4v) is 3.01. The largest absolute Gasteiger partial charge is 0.349 e. The van der Waals surface area contributed by atoms with Crippen LogP contribution in [0.1, 0.15) is 48.4 Å². The molecule has 0 radical (unpaired) electrons. The van der Waals surface area contributed by atoms with E-state index in [1.54, 1.807) is 48.8 Å². The van der Waals surface area contributed by atoms with Crippen molar-refractivity contribution in [1.82, 2.24) is 20.3 Å². The van der Waals surface area contributed by atoms with Gasteiger partial charge in [0, 0.05) is 41.6 Å². The van der Waals surface area contributed by atoms with E-state index in [0.717, 1.165) is 0 Å². The van der Waals surface area contributed by atoms with Crippen molar-refractivity contribution >= 4 is 17.5 Å². The van der Waals surface area contributed by atoms with Gasteiger partial charge in [0.1, 0.15) is 11.7 Å². The van der Waals surface area contributed by atoms with Crippen molar-refractivity contribution in [3.63, 3.8) is 0 Å². The molecule has 0 aliphatic carbocycles. The second-order valence-corrected chi connectivity index (χ2v) is 7.85. The maximum Gasteiger partial charge on any atom is 0.279 e. The summed E-state index contributed by atoms with van der Waals surface area (Å²) in [5.74, 6) is -0.877.